The zero-order valence-electron chi connectivity index (χ0n) is 7.71. The van der Waals surface area contributed by atoms with Gasteiger partial charge in [0.05, 0.1) is 0 Å². The molecule has 66 valence electrons. The molecule has 0 saturated carbocycles. The van der Waals surface area contributed by atoms with Crippen molar-refractivity contribution in [1.29, 1.82) is 0 Å². The van der Waals surface area contributed by atoms with Gasteiger partial charge < -0.3 is 4.57 Å². The zero-order chi connectivity index (χ0) is 8.97. The Labute approximate surface area is 73.2 Å². The number of nitrogens with zero attached hydrogens (tertiary/aromatic N) is 1. The fraction of sp³-hybridized carbons (Fsp3) is 0.500. The number of Topliss-reactive ketones (excluding diaryl/α,β-unsaturated/α-hetero) is 1. The number of aryl methyl sites for hydroxylation is 1. The van der Waals surface area contributed by atoms with Crippen LogP contribution in [0.25, 0.3) is 0 Å². The lowest BCUT2D eigenvalue weighted by molar-refractivity contribution is 0.0981. The predicted molar refractivity (Wildman–Crippen MR) is 49.3 cm³/mol. The Morgan fingerprint density at radius 3 is 2.75 bits per heavy atom. The molecule has 0 fully saturated rings. The number of rotatable bonds is 4. The van der Waals surface area contributed by atoms with Crippen LogP contribution in [0.4, 0.5) is 0 Å². The Kier molecular flexibility index (Phi) is 3.09. The van der Waals surface area contributed by atoms with Crippen molar-refractivity contribution in [3.63, 3.8) is 0 Å². The van der Waals surface area contributed by atoms with Crippen LogP contribution in [0, 0.1) is 0 Å². The van der Waals surface area contributed by atoms with E-state index in [0.717, 1.165) is 18.5 Å². The number of hydrogen-bond donors (Lipinski definition) is 0. The minimum atomic E-state index is 0.254. The molecule has 1 rings (SSSR count). The Hall–Kier alpha value is -1.05. The van der Waals surface area contributed by atoms with Crippen LogP contribution in [0.15, 0.2) is 18.5 Å². The third-order valence-corrected chi connectivity index (χ3v) is 1.91. The molecule has 0 amide bonds. The van der Waals surface area contributed by atoms with E-state index in [2.05, 4.69) is 6.92 Å². The molecule has 1 heterocycles. The highest BCUT2D eigenvalue weighted by molar-refractivity contribution is 5.95. The van der Waals surface area contributed by atoms with Crippen molar-refractivity contribution in [2.45, 2.75) is 33.2 Å². The fourth-order valence-electron chi connectivity index (χ4n) is 1.17. The minimum absolute atomic E-state index is 0.254. The van der Waals surface area contributed by atoms with Gasteiger partial charge in [-0.05, 0) is 19.4 Å². The molecule has 0 radical (unpaired) electrons. The molecule has 0 spiro atoms. The summed E-state index contributed by atoms with van der Waals surface area (Å²) in [6.45, 7) is 5.02. The molecule has 0 aliphatic heterocycles. The Morgan fingerprint density at radius 2 is 2.25 bits per heavy atom. The van der Waals surface area contributed by atoms with E-state index in [4.69, 9.17) is 0 Å². The molecule has 0 unspecified atom stereocenters. The van der Waals surface area contributed by atoms with Crippen LogP contribution < -0.4 is 0 Å². The first kappa shape index (κ1) is 9.04. The highest BCUT2D eigenvalue weighted by Crippen LogP contribution is 2.06. The van der Waals surface area contributed by atoms with Crippen LogP contribution >= 0.6 is 0 Å². The second-order valence-electron chi connectivity index (χ2n) is 2.90. The summed E-state index contributed by atoms with van der Waals surface area (Å²) in [5, 5.41) is 0. The molecule has 0 atom stereocenters. The van der Waals surface area contributed by atoms with Crippen LogP contribution in [0.2, 0.25) is 0 Å². The van der Waals surface area contributed by atoms with Gasteiger partial charge in [0.15, 0.2) is 5.78 Å². The molecule has 0 bridgehead atoms. The molecule has 12 heavy (non-hydrogen) atoms. The fourth-order valence-corrected chi connectivity index (χ4v) is 1.17. The molecule has 0 N–H and O–H groups in total. The van der Waals surface area contributed by atoms with Gasteiger partial charge in [-0.1, -0.05) is 6.92 Å². The molecule has 2 nitrogen and oxygen atoms in total. The average Bonchev–Trinajstić information content (AvgIpc) is 2.52. The number of carbonyl (C=O) groups is 1. The van der Waals surface area contributed by atoms with E-state index in [1.165, 1.54) is 0 Å². The summed E-state index contributed by atoms with van der Waals surface area (Å²) in [6, 6.07) is 1.89. The van der Waals surface area contributed by atoms with Gasteiger partial charge in [0.25, 0.3) is 0 Å². The Morgan fingerprint density at radius 1 is 1.50 bits per heavy atom. The van der Waals surface area contributed by atoms with Crippen LogP contribution in [-0.4, -0.2) is 10.4 Å². The lowest BCUT2D eigenvalue weighted by atomic mass is 10.1. The second-order valence-corrected chi connectivity index (χ2v) is 2.90. The van der Waals surface area contributed by atoms with Crippen molar-refractivity contribution in [3.8, 4) is 0 Å². The molecular weight excluding hydrogens is 150 g/mol. The van der Waals surface area contributed by atoms with Crippen molar-refractivity contribution in [3.05, 3.63) is 24.0 Å². The van der Waals surface area contributed by atoms with E-state index in [9.17, 15) is 4.79 Å². The van der Waals surface area contributed by atoms with Crippen molar-refractivity contribution in [1.82, 2.24) is 4.57 Å². The van der Waals surface area contributed by atoms with Crippen LogP contribution in [0.5, 0.6) is 0 Å². The molecule has 0 aliphatic rings. The van der Waals surface area contributed by atoms with E-state index in [1.807, 2.05) is 30.0 Å². The van der Waals surface area contributed by atoms with E-state index in [1.54, 1.807) is 0 Å². The Balaban J connectivity index is 2.68. The molecule has 1 aromatic heterocycles. The summed E-state index contributed by atoms with van der Waals surface area (Å²) in [5.41, 5.74) is 0.846. The van der Waals surface area contributed by atoms with Gasteiger partial charge in [-0.3, -0.25) is 4.79 Å². The first-order chi connectivity index (χ1) is 5.77. The van der Waals surface area contributed by atoms with E-state index in [0.29, 0.717) is 6.42 Å². The van der Waals surface area contributed by atoms with Gasteiger partial charge in [-0.15, -0.1) is 0 Å². The normalized spacial score (nSPS) is 10.2. The molecule has 0 saturated heterocycles. The standard InChI is InChI=1S/C10H15NO/c1-3-5-10(12)9-6-7-11(4-2)8-9/h6-8H,3-5H2,1-2H3. The molecule has 0 aliphatic carbocycles. The second kappa shape index (κ2) is 4.10. The van der Waals surface area contributed by atoms with Gasteiger partial charge in [-0.25, -0.2) is 0 Å². The maximum Gasteiger partial charge on any atom is 0.164 e. The van der Waals surface area contributed by atoms with Gasteiger partial charge in [0.2, 0.25) is 0 Å². The SMILES string of the molecule is CCCC(=O)c1ccn(CC)c1. The van der Waals surface area contributed by atoms with Crippen molar-refractivity contribution in [2.24, 2.45) is 0 Å². The number of hydrogen-bond acceptors (Lipinski definition) is 1. The third-order valence-electron chi connectivity index (χ3n) is 1.91. The number of ketones is 1. The highest BCUT2D eigenvalue weighted by Gasteiger charge is 2.04. The topological polar surface area (TPSA) is 22.0 Å². The lowest BCUT2D eigenvalue weighted by Gasteiger charge is -1.94. The molecule has 2 heteroatoms. The van der Waals surface area contributed by atoms with E-state index < -0.39 is 0 Å². The zero-order valence-corrected chi connectivity index (χ0v) is 7.71. The van der Waals surface area contributed by atoms with Crippen LogP contribution in [-0.2, 0) is 6.54 Å². The number of carbonyl (C=O) groups excluding carboxylic acids is 1. The first-order valence-electron chi connectivity index (χ1n) is 4.47. The highest BCUT2D eigenvalue weighted by atomic mass is 16.1. The predicted octanol–water partition coefficient (Wildman–Crippen LogP) is 2.49. The monoisotopic (exact) mass is 165 g/mol. The smallest absolute Gasteiger partial charge is 0.164 e. The number of aromatic nitrogens is 1. The quantitative estimate of drug-likeness (QED) is 0.628. The average molecular weight is 165 g/mol. The largest absolute Gasteiger partial charge is 0.354 e. The lowest BCUT2D eigenvalue weighted by Crippen LogP contribution is -1.96. The van der Waals surface area contributed by atoms with Crippen molar-refractivity contribution < 1.29 is 4.79 Å². The summed E-state index contributed by atoms with van der Waals surface area (Å²) in [6.07, 6.45) is 5.45. The molecule has 1 aromatic rings. The van der Waals surface area contributed by atoms with Crippen LogP contribution in [0.3, 0.4) is 0 Å². The summed E-state index contributed by atoms with van der Waals surface area (Å²) in [7, 11) is 0. The first-order valence-corrected chi connectivity index (χ1v) is 4.47. The Bertz CT molecular complexity index is 263. The minimum Gasteiger partial charge on any atom is -0.354 e. The van der Waals surface area contributed by atoms with Crippen molar-refractivity contribution >= 4 is 5.78 Å². The summed E-state index contributed by atoms with van der Waals surface area (Å²) in [4.78, 5) is 11.4. The molecule has 0 aromatic carbocycles. The van der Waals surface area contributed by atoms with Crippen molar-refractivity contribution in [2.75, 3.05) is 0 Å². The van der Waals surface area contributed by atoms with Gasteiger partial charge in [0.1, 0.15) is 0 Å². The summed E-state index contributed by atoms with van der Waals surface area (Å²) < 4.78 is 2.02. The van der Waals surface area contributed by atoms with E-state index in [-0.39, 0.29) is 5.78 Å². The summed E-state index contributed by atoms with van der Waals surface area (Å²) >= 11 is 0. The third kappa shape index (κ3) is 1.97. The molecular formula is C10H15NO. The maximum absolute atomic E-state index is 11.4. The van der Waals surface area contributed by atoms with Gasteiger partial charge in [-0.2, -0.15) is 0 Å². The maximum atomic E-state index is 11.4. The van der Waals surface area contributed by atoms with E-state index >= 15 is 0 Å². The van der Waals surface area contributed by atoms with Gasteiger partial charge in [0, 0.05) is 30.9 Å². The summed E-state index contributed by atoms with van der Waals surface area (Å²) in [5.74, 6) is 0.254. The van der Waals surface area contributed by atoms with Crippen LogP contribution in [0.1, 0.15) is 37.0 Å². The van der Waals surface area contributed by atoms with Gasteiger partial charge >= 0.3 is 0 Å².